The lowest BCUT2D eigenvalue weighted by Crippen LogP contribution is -2.38. The predicted octanol–water partition coefficient (Wildman–Crippen LogP) is -0.0774. The minimum absolute atomic E-state index is 0.242. The zero-order valence-electron chi connectivity index (χ0n) is 12.1. The first-order valence-corrected chi connectivity index (χ1v) is 8.70. The molecule has 1 N–H and O–H groups in total. The van der Waals surface area contributed by atoms with Gasteiger partial charge in [-0.3, -0.25) is 4.79 Å². The number of rotatable bonds is 7. The Hall–Kier alpha value is -2.29. The SMILES string of the molecule is CS(=O)(=O)CNC(=O)CCC[n+]1ccc(-c2ncco2)cn1. The van der Waals surface area contributed by atoms with E-state index in [0.717, 1.165) is 11.8 Å². The number of sulfone groups is 1. The van der Waals surface area contributed by atoms with Gasteiger partial charge in [-0.05, 0) is 5.10 Å². The lowest BCUT2D eigenvalue weighted by atomic mass is 10.3. The van der Waals surface area contributed by atoms with Crippen LogP contribution in [0.4, 0.5) is 0 Å². The minimum Gasteiger partial charge on any atom is -0.444 e. The molecule has 0 bridgehead atoms. The van der Waals surface area contributed by atoms with E-state index in [-0.39, 0.29) is 18.2 Å². The monoisotopic (exact) mass is 325 g/mol. The number of amides is 1. The summed E-state index contributed by atoms with van der Waals surface area (Å²) >= 11 is 0. The Balaban J connectivity index is 1.76. The van der Waals surface area contributed by atoms with E-state index in [1.54, 1.807) is 23.3 Å². The molecular weight excluding hydrogens is 308 g/mol. The van der Waals surface area contributed by atoms with Gasteiger partial charge in [-0.25, -0.2) is 13.4 Å². The minimum atomic E-state index is -3.19. The molecule has 2 rings (SSSR count). The number of hydrogen-bond acceptors (Lipinski definition) is 6. The molecule has 2 aromatic rings. The molecule has 0 fully saturated rings. The first-order chi connectivity index (χ1) is 10.4. The summed E-state index contributed by atoms with van der Waals surface area (Å²) in [5.74, 6) is -0.121. The summed E-state index contributed by atoms with van der Waals surface area (Å²) in [6.07, 6.45) is 8.33. The third-order valence-corrected chi connectivity index (χ3v) is 3.44. The van der Waals surface area contributed by atoms with E-state index in [1.807, 2.05) is 6.07 Å². The highest BCUT2D eigenvalue weighted by Gasteiger charge is 2.10. The van der Waals surface area contributed by atoms with Gasteiger partial charge in [-0.15, -0.1) is 0 Å². The number of carbonyl (C=O) groups excluding carboxylic acids is 1. The second-order valence-corrected chi connectivity index (χ2v) is 6.93. The zero-order valence-corrected chi connectivity index (χ0v) is 12.9. The Bertz CT molecular complexity index is 711. The molecule has 1 amide bonds. The van der Waals surface area contributed by atoms with E-state index >= 15 is 0 Å². The van der Waals surface area contributed by atoms with Crippen molar-refractivity contribution in [3.05, 3.63) is 30.9 Å². The third kappa shape index (κ3) is 5.24. The molecule has 0 atom stereocenters. The van der Waals surface area contributed by atoms with Crippen LogP contribution < -0.4 is 10.00 Å². The number of aromatic nitrogens is 3. The average molecular weight is 325 g/mol. The van der Waals surface area contributed by atoms with Crippen LogP contribution in [0, 0.1) is 0 Å². The fourth-order valence-electron chi connectivity index (χ4n) is 1.71. The molecule has 0 aliphatic carbocycles. The van der Waals surface area contributed by atoms with E-state index in [0.29, 0.717) is 18.9 Å². The van der Waals surface area contributed by atoms with Crippen LogP contribution >= 0.6 is 0 Å². The number of nitrogens with one attached hydrogen (secondary N) is 1. The Morgan fingerprint density at radius 1 is 1.45 bits per heavy atom. The van der Waals surface area contributed by atoms with Crippen molar-refractivity contribution in [3.63, 3.8) is 0 Å². The highest BCUT2D eigenvalue weighted by molar-refractivity contribution is 7.90. The van der Waals surface area contributed by atoms with Crippen LogP contribution in [0.1, 0.15) is 12.8 Å². The molecule has 0 radical (unpaired) electrons. The van der Waals surface area contributed by atoms with Crippen molar-refractivity contribution < 1.29 is 22.3 Å². The van der Waals surface area contributed by atoms with Crippen LogP contribution in [0.25, 0.3) is 11.5 Å². The molecule has 0 aliphatic heterocycles. The van der Waals surface area contributed by atoms with Gasteiger partial charge in [0.05, 0.1) is 11.8 Å². The van der Waals surface area contributed by atoms with E-state index < -0.39 is 9.84 Å². The quantitative estimate of drug-likeness (QED) is 0.714. The van der Waals surface area contributed by atoms with Crippen molar-refractivity contribution in [2.24, 2.45) is 0 Å². The summed E-state index contributed by atoms with van der Waals surface area (Å²) < 4.78 is 28.7. The normalized spacial score (nSPS) is 11.3. The van der Waals surface area contributed by atoms with Crippen LogP contribution in [0.15, 0.2) is 35.3 Å². The van der Waals surface area contributed by atoms with Crippen molar-refractivity contribution in [1.82, 2.24) is 15.4 Å². The molecule has 0 unspecified atom stereocenters. The summed E-state index contributed by atoms with van der Waals surface area (Å²) in [5, 5.41) is 6.57. The predicted molar refractivity (Wildman–Crippen MR) is 77.0 cm³/mol. The molecular formula is C13H17N4O4S+. The number of aryl methyl sites for hydroxylation is 1. The molecule has 0 saturated heterocycles. The van der Waals surface area contributed by atoms with Crippen molar-refractivity contribution in [2.75, 3.05) is 12.1 Å². The second-order valence-electron chi connectivity index (χ2n) is 4.79. The molecule has 0 aliphatic rings. The van der Waals surface area contributed by atoms with Crippen LogP contribution in [0.3, 0.4) is 0 Å². The van der Waals surface area contributed by atoms with E-state index in [1.165, 1.54) is 6.26 Å². The van der Waals surface area contributed by atoms with E-state index in [9.17, 15) is 13.2 Å². The Morgan fingerprint density at radius 3 is 2.86 bits per heavy atom. The number of carbonyl (C=O) groups is 1. The standard InChI is InChI=1S/C13H16N4O4S/c1-22(19,20)10-15-12(18)3-2-6-17-7-4-11(9-16-17)13-14-5-8-21-13/h4-5,7-9H,2-3,6,10H2,1H3/p+1. The summed E-state index contributed by atoms with van der Waals surface area (Å²) in [5.41, 5.74) is 0.771. The van der Waals surface area contributed by atoms with Gasteiger partial charge in [0.2, 0.25) is 11.8 Å². The van der Waals surface area contributed by atoms with Gasteiger partial charge in [0.25, 0.3) is 0 Å². The molecule has 22 heavy (non-hydrogen) atoms. The maximum Gasteiger partial charge on any atom is 0.227 e. The van der Waals surface area contributed by atoms with Gasteiger partial charge >= 0.3 is 0 Å². The molecule has 118 valence electrons. The average Bonchev–Trinajstić information content (AvgIpc) is 2.99. The molecule has 2 aromatic heterocycles. The van der Waals surface area contributed by atoms with E-state index in [4.69, 9.17) is 4.42 Å². The highest BCUT2D eigenvalue weighted by atomic mass is 32.2. The maximum absolute atomic E-state index is 11.5. The fraction of sp³-hybridized carbons (Fsp3) is 0.385. The molecule has 8 nitrogen and oxygen atoms in total. The summed E-state index contributed by atoms with van der Waals surface area (Å²) in [6, 6.07) is 1.82. The topological polar surface area (TPSA) is 106 Å². The highest BCUT2D eigenvalue weighted by Crippen LogP contribution is 2.13. The fourth-order valence-corrected chi connectivity index (χ4v) is 2.13. The third-order valence-electron chi connectivity index (χ3n) is 2.77. The zero-order chi connectivity index (χ0) is 16.0. The number of hydrogen-bond donors (Lipinski definition) is 1. The van der Waals surface area contributed by atoms with E-state index in [2.05, 4.69) is 15.4 Å². The van der Waals surface area contributed by atoms with Crippen molar-refractivity contribution >= 4 is 15.7 Å². The van der Waals surface area contributed by atoms with Gasteiger partial charge in [0.1, 0.15) is 18.3 Å². The van der Waals surface area contributed by atoms with Gasteiger partial charge in [-0.2, -0.15) is 0 Å². The van der Waals surface area contributed by atoms with Gasteiger partial charge < -0.3 is 9.73 Å². The number of nitrogens with zero attached hydrogens (tertiary/aromatic N) is 3. The summed E-state index contributed by atoms with van der Waals surface area (Å²) in [7, 11) is -3.19. The van der Waals surface area contributed by atoms with Crippen molar-refractivity contribution in [2.45, 2.75) is 19.4 Å². The van der Waals surface area contributed by atoms with Gasteiger partial charge in [0, 0.05) is 25.2 Å². The molecule has 9 heteroatoms. The molecule has 0 saturated carbocycles. The largest absolute Gasteiger partial charge is 0.444 e. The molecule has 2 heterocycles. The Morgan fingerprint density at radius 2 is 2.27 bits per heavy atom. The van der Waals surface area contributed by atoms with Crippen LogP contribution in [0.2, 0.25) is 0 Å². The lowest BCUT2D eigenvalue weighted by molar-refractivity contribution is -0.754. The Labute approximate surface area is 128 Å². The smallest absolute Gasteiger partial charge is 0.227 e. The summed E-state index contributed by atoms with van der Waals surface area (Å²) in [6.45, 7) is 0.554. The van der Waals surface area contributed by atoms with Gasteiger partial charge in [0.15, 0.2) is 22.6 Å². The van der Waals surface area contributed by atoms with Crippen molar-refractivity contribution in [3.8, 4) is 11.5 Å². The molecule has 0 aromatic carbocycles. The number of oxazole rings is 1. The lowest BCUT2D eigenvalue weighted by Gasteiger charge is -2.02. The van der Waals surface area contributed by atoms with Gasteiger partial charge in [-0.1, -0.05) is 4.68 Å². The second kappa shape index (κ2) is 7.12. The van der Waals surface area contributed by atoms with Crippen LogP contribution in [-0.2, 0) is 21.2 Å². The molecule has 0 spiro atoms. The first-order valence-electron chi connectivity index (χ1n) is 6.64. The van der Waals surface area contributed by atoms with Crippen molar-refractivity contribution in [1.29, 1.82) is 0 Å². The maximum atomic E-state index is 11.5. The van der Waals surface area contributed by atoms with Crippen LogP contribution in [-0.4, -0.2) is 36.5 Å². The van der Waals surface area contributed by atoms with Crippen LogP contribution in [0.5, 0.6) is 0 Å². The first kappa shape index (κ1) is 16.1. The summed E-state index contributed by atoms with van der Waals surface area (Å²) in [4.78, 5) is 15.5. The Kier molecular flexibility index (Phi) is 5.21.